The summed E-state index contributed by atoms with van der Waals surface area (Å²) < 4.78 is 0. The minimum Gasteiger partial charge on any atom is -0.316 e. The molecule has 1 aliphatic heterocycles. The van der Waals surface area contributed by atoms with Crippen LogP contribution in [0, 0.1) is 11.8 Å². The van der Waals surface area contributed by atoms with Gasteiger partial charge in [0.15, 0.2) is 0 Å². The van der Waals surface area contributed by atoms with Gasteiger partial charge in [0, 0.05) is 19.6 Å². The second kappa shape index (κ2) is 7.95. The molecule has 0 aliphatic carbocycles. The molecule has 0 saturated carbocycles. The first kappa shape index (κ1) is 16.5. The van der Waals surface area contributed by atoms with Gasteiger partial charge in [0.05, 0.1) is 0 Å². The highest BCUT2D eigenvalue weighted by atomic mass is 15.1. The summed E-state index contributed by atoms with van der Waals surface area (Å²) in [5, 5.41) is 3.55. The monoisotopic (exact) mass is 288 g/mol. The Labute approximate surface area is 130 Å². The van der Waals surface area contributed by atoms with Gasteiger partial charge in [-0.15, -0.1) is 0 Å². The van der Waals surface area contributed by atoms with Crippen LogP contribution in [0.2, 0.25) is 0 Å². The lowest BCUT2D eigenvalue weighted by Gasteiger charge is -2.17. The Kier molecular flexibility index (Phi) is 6.25. The molecule has 1 aromatic rings. The molecule has 2 atom stereocenters. The maximum Gasteiger partial charge on any atom is 0.0233 e. The summed E-state index contributed by atoms with van der Waals surface area (Å²) in [5.41, 5.74) is 2.90. The van der Waals surface area contributed by atoms with Gasteiger partial charge in [-0.05, 0) is 48.4 Å². The molecule has 1 fully saturated rings. The molecule has 118 valence electrons. The smallest absolute Gasteiger partial charge is 0.0233 e. The molecule has 0 spiro atoms. The van der Waals surface area contributed by atoms with Crippen LogP contribution in [-0.2, 0) is 6.54 Å². The van der Waals surface area contributed by atoms with E-state index in [2.05, 4.69) is 62.2 Å². The van der Waals surface area contributed by atoms with Crippen LogP contribution >= 0.6 is 0 Å². The highest BCUT2D eigenvalue weighted by molar-refractivity contribution is 5.25. The van der Waals surface area contributed by atoms with Crippen LogP contribution in [0.3, 0.4) is 0 Å². The van der Waals surface area contributed by atoms with Gasteiger partial charge >= 0.3 is 0 Å². The lowest BCUT2D eigenvalue weighted by Crippen LogP contribution is -2.24. The summed E-state index contributed by atoms with van der Waals surface area (Å²) in [6, 6.07) is 9.27. The van der Waals surface area contributed by atoms with Gasteiger partial charge < -0.3 is 5.32 Å². The van der Waals surface area contributed by atoms with Crippen molar-refractivity contribution in [3.63, 3.8) is 0 Å². The van der Waals surface area contributed by atoms with Crippen molar-refractivity contribution >= 4 is 0 Å². The Bertz CT molecular complexity index is 410. The summed E-state index contributed by atoms with van der Waals surface area (Å²) in [7, 11) is 0. The minimum atomic E-state index is 0.588. The molecule has 0 radical (unpaired) electrons. The van der Waals surface area contributed by atoms with Gasteiger partial charge in [0.1, 0.15) is 0 Å². The van der Waals surface area contributed by atoms with Gasteiger partial charge in [-0.1, -0.05) is 52.0 Å². The van der Waals surface area contributed by atoms with Crippen molar-refractivity contribution in [3.05, 3.63) is 35.4 Å². The van der Waals surface area contributed by atoms with Gasteiger partial charge in [0.2, 0.25) is 0 Å². The first-order valence-electron chi connectivity index (χ1n) is 8.56. The van der Waals surface area contributed by atoms with E-state index in [-0.39, 0.29) is 0 Å². The van der Waals surface area contributed by atoms with E-state index in [9.17, 15) is 0 Å². The number of likely N-dealkylation sites (tertiary alicyclic amines) is 1. The molecule has 2 unspecified atom stereocenters. The average molecular weight is 288 g/mol. The SMILES string of the molecule is CC(C)CNCC(C)c1ccc(CN2CCC(C)C2)cc1. The number of hydrogen-bond acceptors (Lipinski definition) is 2. The molecule has 1 heterocycles. The Morgan fingerprint density at radius 1 is 1.14 bits per heavy atom. The predicted molar refractivity (Wildman–Crippen MR) is 91.6 cm³/mol. The predicted octanol–water partition coefficient (Wildman–Crippen LogP) is 3.88. The van der Waals surface area contributed by atoms with Crippen molar-refractivity contribution in [2.24, 2.45) is 11.8 Å². The van der Waals surface area contributed by atoms with Gasteiger partial charge in [-0.25, -0.2) is 0 Å². The Hall–Kier alpha value is -0.860. The zero-order valence-electron chi connectivity index (χ0n) is 14.2. The topological polar surface area (TPSA) is 15.3 Å². The zero-order valence-corrected chi connectivity index (χ0v) is 14.2. The molecule has 0 aromatic heterocycles. The molecule has 1 saturated heterocycles. The maximum atomic E-state index is 3.55. The number of nitrogens with zero attached hydrogens (tertiary/aromatic N) is 1. The van der Waals surface area contributed by atoms with Crippen LogP contribution in [0.4, 0.5) is 0 Å². The number of hydrogen-bond donors (Lipinski definition) is 1. The summed E-state index contributed by atoms with van der Waals surface area (Å²) in [6.45, 7) is 15.0. The van der Waals surface area contributed by atoms with Crippen molar-refractivity contribution in [2.75, 3.05) is 26.2 Å². The Balaban J connectivity index is 1.80. The summed E-state index contributed by atoms with van der Waals surface area (Å²) in [4.78, 5) is 2.58. The third-order valence-corrected chi connectivity index (χ3v) is 4.47. The van der Waals surface area contributed by atoms with Gasteiger partial charge in [0.25, 0.3) is 0 Å². The summed E-state index contributed by atoms with van der Waals surface area (Å²) >= 11 is 0. The fourth-order valence-electron chi connectivity index (χ4n) is 3.09. The van der Waals surface area contributed by atoms with E-state index in [0.29, 0.717) is 5.92 Å². The number of benzene rings is 1. The van der Waals surface area contributed by atoms with E-state index < -0.39 is 0 Å². The second-order valence-electron chi connectivity index (χ2n) is 7.32. The highest BCUT2D eigenvalue weighted by Crippen LogP contribution is 2.20. The average Bonchev–Trinajstić information content (AvgIpc) is 2.84. The molecular weight excluding hydrogens is 256 g/mol. The van der Waals surface area contributed by atoms with Crippen molar-refractivity contribution in [2.45, 2.75) is 46.6 Å². The molecule has 1 N–H and O–H groups in total. The number of nitrogens with one attached hydrogen (secondary N) is 1. The van der Waals surface area contributed by atoms with Crippen LogP contribution in [-0.4, -0.2) is 31.1 Å². The van der Waals surface area contributed by atoms with Crippen molar-refractivity contribution in [3.8, 4) is 0 Å². The maximum absolute atomic E-state index is 3.55. The number of rotatable bonds is 7. The van der Waals surface area contributed by atoms with Gasteiger partial charge in [-0.2, -0.15) is 0 Å². The zero-order chi connectivity index (χ0) is 15.2. The van der Waals surface area contributed by atoms with Crippen LogP contribution in [0.5, 0.6) is 0 Å². The largest absolute Gasteiger partial charge is 0.316 e. The molecule has 2 rings (SSSR count). The van der Waals surface area contributed by atoms with Crippen LogP contribution in [0.15, 0.2) is 24.3 Å². The van der Waals surface area contributed by atoms with E-state index in [1.165, 1.54) is 30.6 Å². The molecule has 0 bridgehead atoms. The fourth-order valence-corrected chi connectivity index (χ4v) is 3.09. The third kappa shape index (κ3) is 5.44. The Morgan fingerprint density at radius 3 is 2.43 bits per heavy atom. The van der Waals surface area contributed by atoms with Crippen molar-refractivity contribution < 1.29 is 0 Å². The fraction of sp³-hybridized carbons (Fsp3) is 0.684. The normalized spacial score (nSPS) is 21.1. The van der Waals surface area contributed by atoms with Crippen LogP contribution < -0.4 is 5.32 Å². The molecule has 21 heavy (non-hydrogen) atoms. The van der Waals surface area contributed by atoms with Crippen LogP contribution in [0.1, 0.15) is 51.2 Å². The van der Waals surface area contributed by atoms with Crippen molar-refractivity contribution in [1.82, 2.24) is 10.2 Å². The third-order valence-electron chi connectivity index (χ3n) is 4.47. The molecule has 0 amide bonds. The first-order chi connectivity index (χ1) is 10.0. The summed E-state index contributed by atoms with van der Waals surface area (Å²) in [6.07, 6.45) is 1.36. The lowest BCUT2D eigenvalue weighted by atomic mass is 9.99. The van der Waals surface area contributed by atoms with Gasteiger partial charge in [-0.3, -0.25) is 4.90 Å². The quantitative estimate of drug-likeness (QED) is 0.819. The molecule has 1 aromatic carbocycles. The Morgan fingerprint density at radius 2 is 1.86 bits per heavy atom. The second-order valence-corrected chi connectivity index (χ2v) is 7.32. The molecule has 2 nitrogen and oxygen atoms in total. The molecular formula is C19H32N2. The highest BCUT2D eigenvalue weighted by Gasteiger charge is 2.18. The van der Waals surface area contributed by atoms with E-state index in [4.69, 9.17) is 0 Å². The molecule has 1 aliphatic rings. The lowest BCUT2D eigenvalue weighted by molar-refractivity contribution is 0.320. The van der Waals surface area contributed by atoms with Crippen molar-refractivity contribution in [1.29, 1.82) is 0 Å². The van der Waals surface area contributed by atoms with Crippen LogP contribution in [0.25, 0.3) is 0 Å². The van der Waals surface area contributed by atoms with E-state index in [1.54, 1.807) is 0 Å². The standard InChI is InChI=1S/C19H32N2/c1-15(2)11-20-12-17(4)19-7-5-18(6-8-19)14-21-10-9-16(3)13-21/h5-8,15-17,20H,9-14H2,1-4H3. The van der Waals surface area contributed by atoms with E-state index in [1.807, 2.05) is 0 Å². The summed E-state index contributed by atoms with van der Waals surface area (Å²) in [5.74, 6) is 2.18. The van der Waals surface area contributed by atoms with E-state index in [0.717, 1.165) is 31.5 Å². The molecule has 2 heteroatoms. The van der Waals surface area contributed by atoms with E-state index >= 15 is 0 Å². The first-order valence-corrected chi connectivity index (χ1v) is 8.56. The minimum absolute atomic E-state index is 0.588.